The molecule has 26 heavy (non-hydrogen) atoms. The lowest BCUT2D eigenvalue weighted by Crippen LogP contribution is -2.40. The largest absolute Gasteiger partial charge is 0.441 e. The van der Waals surface area contributed by atoms with E-state index in [-0.39, 0.29) is 36.8 Å². The van der Waals surface area contributed by atoms with Crippen molar-refractivity contribution in [2.45, 2.75) is 31.7 Å². The predicted molar refractivity (Wildman–Crippen MR) is 109 cm³/mol. The zero-order chi connectivity index (χ0) is 17.1. The molecule has 1 atom stereocenters. The van der Waals surface area contributed by atoms with Crippen LogP contribution in [0, 0.1) is 0 Å². The maximum Gasteiger partial charge on any atom is 0.223 e. The number of rotatable bonds is 5. The number of benzene rings is 1. The first-order chi connectivity index (χ1) is 11.6. The molecule has 0 aliphatic carbocycles. The van der Waals surface area contributed by atoms with Crippen LogP contribution in [0.15, 0.2) is 28.8 Å². The number of hydrogen-bond donors (Lipinski definition) is 1. The van der Waals surface area contributed by atoms with Crippen LogP contribution in [0.25, 0.3) is 11.3 Å². The molecule has 1 fully saturated rings. The van der Waals surface area contributed by atoms with Gasteiger partial charge in [-0.2, -0.15) is 0 Å². The van der Waals surface area contributed by atoms with E-state index in [0.717, 1.165) is 24.9 Å². The second-order valence-corrected chi connectivity index (χ2v) is 6.70. The van der Waals surface area contributed by atoms with E-state index in [4.69, 9.17) is 33.4 Å². The monoisotopic (exact) mass is 439 g/mol. The fraction of sp³-hybridized carbons (Fsp3) is 0.412. The lowest BCUT2D eigenvalue weighted by molar-refractivity contribution is -0.131. The molecule has 1 aliphatic rings. The molecule has 1 amide bonds. The molecule has 1 aromatic heterocycles. The number of oxazole rings is 1. The molecular formula is C17H21Cl4N3O2. The maximum absolute atomic E-state index is 12.3. The van der Waals surface area contributed by atoms with Gasteiger partial charge in [-0.1, -0.05) is 23.2 Å². The van der Waals surface area contributed by atoms with Crippen molar-refractivity contribution in [1.82, 2.24) is 9.88 Å². The van der Waals surface area contributed by atoms with E-state index < -0.39 is 0 Å². The summed E-state index contributed by atoms with van der Waals surface area (Å²) in [5, 5.41) is 1.07. The lowest BCUT2D eigenvalue weighted by atomic mass is 10.2. The Bertz CT molecular complexity index is 739. The number of nitrogens with two attached hydrogens (primary N) is 1. The van der Waals surface area contributed by atoms with Crippen LogP contribution in [0.5, 0.6) is 0 Å². The first-order valence-corrected chi connectivity index (χ1v) is 8.73. The third-order valence-corrected chi connectivity index (χ3v) is 4.82. The van der Waals surface area contributed by atoms with Gasteiger partial charge in [0.1, 0.15) is 0 Å². The van der Waals surface area contributed by atoms with Gasteiger partial charge in [-0.25, -0.2) is 4.98 Å². The Morgan fingerprint density at radius 3 is 2.81 bits per heavy atom. The molecule has 1 aliphatic heterocycles. The standard InChI is InChI=1S/C17H19Cl2N3O2.2ClH/c18-11-3-4-13(14(19)8-11)15-10-21-16(24-15)5-6-17(23)22-7-1-2-12(22)9-20;;/h3-4,8,10,12H,1-2,5-7,9,20H2;2*1H. The predicted octanol–water partition coefficient (Wildman–Crippen LogP) is 4.37. The number of aryl methyl sites for hydroxylation is 1. The quantitative estimate of drug-likeness (QED) is 0.748. The van der Waals surface area contributed by atoms with Gasteiger partial charge in [-0.15, -0.1) is 24.8 Å². The Morgan fingerprint density at radius 1 is 1.35 bits per heavy atom. The molecule has 2 N–H and O–H groups in total. The Hall–Kier alpha value is -0.980. The highest BCUT2D eigenvalue weighted by molar-refractivity contribution is 6.36. The molecule has 0 saturated carbocycles. The number of amides is 1. The van der Waals surface area contributed by atoms with E-state index in [0.29, 0.717) is 41.1 Å². The molecule has 1 unspecified atom stereocenters. The summed E-state index contributed by atoms with van der Waals surface area (Å²) in [6, 6.07) is 5.36. The molecular weight excluding hydrogens is 420 g/mol. The minimum absolute atomic E-state index is 0. The molecule has 5 nitrogen and oxygen atoms in total. The van der Waals surface area contributed by atoms with Crippen molar-refractivity contribution in [2.75, 3.05) is 13.1 Å². The molecule has 9 heteroatoms. The summed E-state index contributed by atoms with van der Waals surface area (Å²) in [5.41, 5.74) is 6.45. The molecule has 1 saturated heterocycles. The first-order valence-electron chi connectivity index (χ1n) is 7.98. The second-order valence-electron chi connectivity index (χ2n) is 5.86. The van der Waals surface area contributed by atoms with E-state index in [1.165, 1.54) is 0 Å². The first kappa shape index (κ1) is 23.1. The molecule has 0 spiro atoms. The molecule has 2 aromatic rings. The van der Waals surface area contributed by atoms with Gasteiger partial charge in [0, 0.05) is 42.6 Å². The average molecular weight is 441 g/mol. The Kier molecular flexibility index (Phi) is 9.21. The van der Waals surface area contributed by atoms with Crippen molar-refractivity contribution < 1.29 is 9.21 Å². The van der Waals surface area contributed by atoms with E-state index in [1.807, 2.05) is 4.90 Å². The van der Waals surface area contributed by atoms with Crippen molar-refractivity contribution in [1.29, 1.82) is 0 Å². The summed E-state index contributed by atoms with van der Waals surface area (Å²) >= 11 is 12.1. The summed E-state index contributed by atoms with van der Waals surface area (Å²) in [6.45, 7) is 1.31. The zero-order valence-corrected chi connectivity index (χ0v) is 17.1. The number of nitrogens with zero attached hydrogens (tertiary/aromatic N) is 2. The van der Waals surface area contributed by atoms with Gasteiger partial charge in [-0.3, -0.25) is 4.79 Å². The number of carbonyl (C=O) groups excluding carboxylic acids is 1. The van der Waals surface area contributed by atoms with Crippen molar-refractivity contribution in [2.24, 2.45) is 5.73 Å². The summed E-state index contributed by atoms with van der Waals surface area (Å²) in [5.74, 6) is 1.19. The van der Waals surface area contributed by atoms with Crippen molar-refractivity contribution in [3.8, 4) is 11.3 Å². The van der Waals surface area contributed by atoms with E-state index in [2.05, 4.69) is 4.98 Å². The summed E-state index contributed by atoms with van der Waals surface area (Å²) in [6.07, 6.45) is 4.45. The fourth-order valence-electron chi connectivity index (χ4n) is 3.01. The molecule has 0 radical (unpaired) electrons. The van der Waals surface area contributed by atoms with Gasteiger partial charge in [0.15, 0.2) is 11.7 Å². The van der Waals surface area contributed by atoms with Crippen LogP contribution >= 0.6 is 48.0 Å². The minimum Gasteiger partial charge on any atom is -0.441 e. The summed E-state index contributed by atoms with van der Waals surface area (Å²) < 4.78 is 5.72. The Morgan fingerprint density at radius 2 is 2.12 bits per heavy atom. The van der Waals surface area contributed by atoms with E-state index in [9.17, 15) is 4.79 Å². The SMILES string of the molecule is Cl.Cl.NCC1CCCN1C(=O)CCc1ncc(-c2ccc(Cl)cc2Cl)o1. The lowest BCUT2D eigenvalue weighted by Gasteiger charge is -2.23. The van der Waals surface area contributed by atoms with Crippen molar-refractivity contribution in [3.05, 3.63) is 40.3 Å². The van der Waals surface area contributed by atoms with Crippen LogP contribution < -0.4 is 5.73 Å². The van der Waals surface area contributed by atoms with Crippen LogP contribution in [0.2, 0.25) is 10.0 Å². The smallest absolute Gasteiger partial charge is 0.223 e. The number of aromatic nitrogens is 1. The molecule has 144 valence electrons. The van der Waals surface area contributed by atoms with Crippen LogP contribution in [-0.4, -0.2) is 34.9 Å². The van der Waals surface area contributed by atoms with E-state index >= 15 is 0 Å². The van der Waals surface area contributed by atoms with Gasteiger partial charge in [0.25, 0.3) is 0 Å². The Balaban J connectivity index is 0.00000169. The van der Waals surface area contributed by atoms with Crippen LogP contribution in [0.4, 0.5) is 0 Å². The number of carbonyl (C=O) groups is 1. The number of likely N-dealkylation sites (tertiary alicyclic amines) is 1. The van der Waals surface area contributed by atoms with Gasteiger partial charge < -0.3 is 15.1 Å². The normalized spacial score (nSPS) is 16.1. The number of hydrogen-bond acceptors (Lipinski definition) is 4. The summed E-state index contributed by atoms with van der Waals surface area (Å²) in [4.78, 5) is 18.4. The van der Waals surface area contributed by atoms with Crippen molar-refractivity contribution in [3.63, 3.8) is 0 Å². The third-order valence-electron chi connectivity index (χ3n) is 4.27. The fourth-order valence-corrected chi connectivity index (χ4v) is 3.51. The van der Waals surface area contributed by atoms with Crippen LogP contribution in [0.3, 0.4) is 0 Å². The third kappa shape index (κ3) is 5.27. The number of halogens is 4. The molecule has 2 heterocycles. The average Bonchev–Trinajstić information content (AvgIpc) is 3.21. The highest BCUT2D eigenvalue weighted by atomic mass is 35.5. The van der Waals surface area contributed by atoms with Crippen molar-refractivity contribution >= 4 is 53.9 Å². The molecule has 1 aromatic carbocycles. The van der Waals surface area contributed by atoms with Gasteiger partial charge in [0.05, 0.1) is 11.2 Å². The minimum atomic E-state index is 0. The molecule has 0 bridgehead atoms. The van der Waals surface area contributed by atoms with Gasteiger partial charge >= 0.3 is 0 Å². The highest BCUT2D eigenvalue weighted by Crippen LogP contribution is 2.31. The van der Waals surface area contributed by atoms with Crippen LogP contribution in [-0.2, 0) is 11.2 Å². The zero-order valence-electron chi connectivity index (χ0n) is 14.0. The summed E-state index contributed by atoms with van der Waals surface area (Å²) in [7, 11) is 0. The Labute approximate surface area is 175 Å². The second kappa shape index (κ2) is 10.4. The van der Waals surface area contributed by atoms with E-state index in [1.54, 1.807) is 24.4 Å². The highest BCUT2D eigenvalue weighted by Gasteiger charge is 2.27. The van der Waals surface area contributed by atoms with Gasteiger partial charge in [-0.05, 0) is 31.0 Å². The van der Waals surface area contributed by atoms with Gasteiger partial charge in [0.2, 0.25) is 5.91 Å². The van der Waals surface area contributed by atoms with Crippen LogP contribution in [0.1, 0.15) is 25.2 Å². The molecule has 3 rings (SSSR count). The maximum atomic E-state index is 12.3. The topological polar surface area (TPSA) is 72.4 Å².